The van der Waals surface area contributed by atoms with E-state index in [2.05, 4.69) is 10.4 Å². The molecular weight excluding hydrogens is 429 g/mol. The number of hydrazone groups is 1. The van der Waals surface area contributed by atoms with Crippen LogP contribution >= 0.6 is 23.2 Å². The van der Waals surface area contributed by atoms with E-state index in [0.717, 1.165) is 42.5 Å². The van der Waals surface area contributed by atoms with Crippen molar-refractivity contribution in [1.82, 2.24) is 5.32 Å². The molecule has 1 N–H and O–H groups in total. The Morgan fingerprint density at radius 1 is 1.17 bits per heavy atom. The molecule has 0 unspecified atom stereocenters. The molecule has 0 saturated carbocycles. The zero-order chi connectivity index (χ0) is 22.1. The number of ether oxygens (including phenoxy) is 1. The summed E-state index contributed by atoms with van der Waals surface area (Å²) >= 11 is 12.8. The maximum Gasteiger partial charge on any atom is 0.342 e. The third kappa shape index (κ3) is 6.43. The van der Waals surface area contributed by atoms with Crippen LogP contribution in [-0.2, 0) is 9.59 Å². The molecule has 0 atom stereocenters. The Hall–Kier alpha value is -2.64. The van der Waals surface area contributed by atoms with E-state index in [1.54, 1.807) is 6.08 Å². The van der Waals surface area contributed by atoms with E-state index in [1.807, 2.05) is 6.92 Å². The molecule has 0 aliphatic heterocycles. The lowest BCUT2D eigenvalue weighted by atomic mass is 10.0. The number of nitrogens with zero attached hydrogens (tertiary/aromatic N) is 2. The number of hydrogen-bond donors (Lipinski definition) is 1. The lowest BCUT2D eigenvalue weighted by Gasteiger charge is -2.19. The topological polar surface area (TPSA) is 88.1 Å². The predicted molar refractivity (Wildman–Crippen MR) is 119 cm³/mol. The molecule has 0 radical (unpaired) electrons. The third-order valence-corrected chi connectivity index (χ3v) is 4.97. The van der Waals surface area contributed by atoms with Gasteiger partial charge in [-0.1, -0.05) is 29.6 Å². The molecule has 1 aliphatic carbocycles. The van der Waals surface area contributed by atoms with Gasteiger partial charge in [-0.05, 0) is 56.0 Å². The summed E-state index contributed by atoms with van der Waals surface area (Å²) in [6.07, 6.45) is 8.64. The van der Waals surface area contributed by atoms with Crippen molar-refractivity contribution in [1.29, 1.82) is 0 Å². The summed E-state index contributed by atoms with van der Waals surface area (Å²) in [4.78, 5) is 34.6. The number of allylic oxidation sites excluding steroid dienone is 3. The molecule has 0 saturated heterocycles. The van der Waals surface area contributed by atoms with Crippen LogP contribution in [-0.4, -0.2) is 31.4 Å². The number of nitrogens with one attached hydrogen (secondary N) is 1. The van der Waals surface area contributed by atoms with E-state index in [4.69, 9.17) is 27.9 Å². The van der Waals surface area contributed by atoms with Gasteiger partial charge in [0.25, 0.3) is 0 Å². The summed E-state index contributed by atoms with van der Waals surface area (Å²) in [5.41, 5.74) is 1.22. The van der Waals surface area contributed by atoms with Crippen LogP contribution in [0.3, 0.4) is 0 Å². The fourth-order valence-electron chi connectivity index (χ4n) is 2.82. The number of ketones is 1. The molecule has 0 spiro atoms. The van der Waals surface area contributed by atoms with E-state index in [9.17, 15) is 14.4 Å². The maximum absolute atomic E-state index is 12.1. The SMILES string of the molecule is CNC(=O)N(/N=C\C=O)c1cc(Cl)c(OC2=C(/C)CCCCCC(=O)/C=C\2)c(Cl)c1. The number of amides is 2. The van der Waals surface area contributed by atoms with Gasteiger partial charge in [0.2, 0.25) is 0 Å². The van der Waals surface area contributed by atoms with Crippen LogP contribution in [0.15, 0.2) is 40.7 Å². The molecule has 1 aliphatic rings. The standard InChI is InChI=1S/C21H23Cl2N3O4/c1-14-6-4-3-5-7-16(28)8-9-19(14)30-20-17(22)12-15(13-18(20)23)26(21(29)24-2)25-10-11-27/h8-13H,3-7H2,1-2H3,(H,24,29)/b9-8-,19-14-,25-10-. The largest absolute Gasteiger partial charge is 0.454 e. The highest BCUT2D eigenvalue weighted by atomic mass is 35.5. The van der Waals surface area contributed by atoms with Crippen molar-refractivity contribution in [3.63, 3.8) is 0 Å². The molecule has 160 valence electrons. The summed E-state index contributed by atoms with van der Waals surface area (Å²) < 4.78 is 5.98. The van der Waals surface area contributed by atoms with E-state index in [1.165, 1.54) is 25.3 Å². The highest BCUT2D eigenvalue weighted by Gasteiger charge is 2.19. The Bertz CT molecular complexity index is 887. The van der Waals surface area contributed by atoms with Crippen molar-refractivity contribution in [3.05, 3.63) is 45.7 Å². The summed E-state index contributed by atoms with van der Waals surface area (Å²) in [7, 11) is 1.43. The zero-order valence-corrected chi connectivity index (χ0v) is 18.3. The van der Waals surface area contributed by atoms with E-state index in [0.29, 0.717) is 18.5 Å². The van der Waals surface area contributed by atoms with Gasteiger partial charge in [0.05, 0.1) is 21.9 Å². The number of carbonyl (C=O) groups is 3. The summed E-state index contributed by atoms with van der Waals surface area (Å²) in [6.45, 7) is 1.93. The molecule has 7 nitrogen and oxygen atoms in total. The molecule has 2 rings (SSSR count). The number of rotatable bonds is 5. The molecule has 0 bridgehead atoms. The van der Waals surface area contributed by atoms with Gasteiger partial charge in [-0.2, -0.15) is 10.1 Å². The third-order valence-electron chi connectivity index (χ3n) is 4.41. The first-order chi connectivity index (χ1) is 14.4. The van der Waals surface area contributed by atoms with Crippen LogP contribution in [0.5, 0.6) is 5.75 Å². The number of urea groups is 1. The molecule has 0 fully saturated rings. The zero-order valence-electron chi connectivity index (χ0n) is 16.8. The molecule has 0 heterocycles. The van der Waals surface area contributed by atoms with Crippen LogP contribution in [0, 0.1) is 0 Å². The number of carbonyl (C=O) groups excluding carboxylic acids is 3. The quantitative estimate of drug-likeness (QED) is 0.384. The second kappa shape index (κ2) is 11.5. The second-order valence-corrected chi connectivity index (χ2v) is 7.43. The minimum atomic E-state index is -0.582. The van der Waals surface area contributed by atoms with Gasteiger partial charge in [-0.15, -0.1) is 0 Å². The first-order valence-electron chi connectivity index (χ1n) is 9.44. The van der Waals surface area contributed by atoms with Gasteiger partial charge in [0, 0.05) is 13.5 Å². The number of anilines is 1. The Kier molecular flexibility index (Phi) is 9.08. The van der Waals surface area contributed by atoms with Crippen molar-refractivity contribution in [2.45, 2.75) is 39.0 Å². The predicted octanol–water partition coefficient (Wildman–Crippen LogP) is 5.07. The number of halogens is 2. The summed E-state index contributed by atoms with van der Waals surface area (Å²) in [5, 5.41) is 7.44. The van der Waals surface area contributed by atoms with Gasteiger partial charge in [-0.25, -0.2) is 4.79 Å². The van der Waals surface area contributed by atoms with E-state index < -0.39 is 6.03 Å². The molecule has 9 heteroatoms. The Morgan fingerprint density at radius 2 is 1.83 bits per heavy atom. The van der Waals surface area contributed by atoms with Crippen molar-refractivity contribution in [2.75, 3.05) is 12.1 Å². The summed E-state index contributed by atoms with van der Waals surface area (Å²) in [6, 6.07) is 2.32. The van der Waals surface area contributed by atoms with Crippen LogP contribution in [0.4, 0.5) is 10.5 Å². The second-order valence-electron chi connectivity index (χ2n) is 6.61. The Morgan fingerprint density at radius 3 is 2.47 bits per heavy atom. The van der Waals surface area contributed by atoms with E-state index in [-0.39, 0.29) is 27.3 Å². The molecular formula is C21H23Cl2N3O4. The minimum Gasteiger partial charge on any atom is -0.454 e. The summed E-state index contributed by atoms with van der Waals surface area (Å²) in [5.74, 6) is 0.735. The average molecular weight is 452 g/mol. The van der Waals surface area contributed by atoms with Crippen molar-refractivity contribution in [3.8, 4) is 5.75 Å². The van der Waals surface area contributed by atoms with Crippen molar-refractivity contribution >= 4 is 53.2 Å². The fraction of sp³-hybridized carbons (Fsp3) is 0.333. The lowest BCUT2D eigenvalue weighted by molar-refractivity contribution is -0.114. The van der Waals surface area contributed by atoms with Gasteiger partial charge in [0.1, 0.15) is 5.76 Å². The normalized spacial score (nSPS) is 18.7. The number of hydrogen-bond acceptors (Lipinski definition) is 5. The average Bonchev–Trinajstić information content (AvgIpc) is 2.72. The molecule has 0 aromatic heterocycles. The number of benzene rings is 1. The number of aldehydes is 1. The first-order valence-corrected chi connectivity index (χ1v) is 10.2. The lowest BCUT2D eigenvalue weighted by Crippen LogP contribution is -2.34. The molecule has 2 amide bonds. The van der Waals surface area contributed by atoms with Gasteiger partial charge >= 0.3 is 6.03 Å². The van der Waals surface area contributed by atoms with Crippen molar-refractivity contribution in [2.24, 2.45) is 5.10 Å². The van der Waals surface area contributed by atoms with Gasteiger partial charge in [0.15, 0.2) is 17.8 Å². The van der Waals surface area contributed by atoms with Crippen LogP contribution in [0.25, 0.3) is 0 Å². The van der Waals surface area contributed by atoms with Crippen LogP contribution in [0.1, 0.15) is 39.0 Å². The molecule has 30 heavy (non-hydrogen) atoms. The Balaban J connectivity index is 2.40. The van der Waals surface area contributed by atoms with E-state index >= 15 is 0 Å². The molecule has 1 aromatic rings. The highest BCUT2D eigenvalue weighted by molar-refractivity contribution is 6.37. The van der Waals surface area contributed by atoms with Crippen LogP contribution in [0.2, 0.25) is 10.0 Å². The Labute approximate surface area is 185 Å². The monoisotopic (exact) mass is 451 g/mol. The maximum atomic E-state index is 12.1. The molecule has 1 aromatic carbocycles. The fourth-order valence-corrected chi connectivity index (χ4v) is 3.37. The highest BCUT2D eigenvalue weighted by Crippen LogP contribution is 2.39. The van der Waals surface area contributed by atoms with Gasteiger partial charge in [-0.3, -0.25) is 9.59 Å². The smallest absolute Gasteiger partial charge is 0.342 e. The minimum absolute atomic E-state index is 0.0348. The van der Waals surface area contributed by atoms with Gasteiger partial charge < -0.3 is 10.1 Å². The van der Waals surface area contributed by atoms with Crippen molar-refractivity contribution < 1.29 is 19.1 Å². The van der Waals surface area contributed by atoms with Crippen LogP contribution < -0.4 is 15.1 Å². The first kappa shape index (κ1) is 23.6.